The minimum Gasteiger partial charge on any atom is -0.465 e. The standard InChI is InChI=1S/C21H21ClN2O3/c1-27-19(25)15-4-7-18-17(12-15)21(20(26)23-18)8-10-24(11-9-21)13-14-2-5-16(22)6-3-14/h2-7,12H,8-11,13H2,1H3,(H,23,26). The maximum Gasteiger partial charge on any atom is 0.337 e. The van der Waals surface area contributed by atoms with E-state index in [0.29, 0.717) is 5.56 Å². The van der Waals surface area contributed by atoms with Gasteiger partial charge in [-0.2, -0.15) is 0 Å². The van der Waals surface area contributed by atoms with Crippen LogP contribution in [0.2, 0.25) is 5.02 Å². The van der Waals surface area contributed by atoms with Crippen molar-refractivity contribution in [1.29, 1.82) is 0 Å². The lowest BCUT2D eigenvalue weighted by molar-refractivity contribution is -0.122. The van der Waals surface area contributed by atoms with E-state index in [9.17, 15) is 9.59 Å². The number of carbonyl (C=O) groups excluding carboxylic acids is 2. The SMILES string of the molecule is COC(=O)c1ccc2c(c1)C1(CCN(Cc3ccc(Cl)cc3)CC1)C(=O)N2. The number of hydrogen-bond donors (Lipinski definition) is 1. The molecule has 5 nitrogen and oxygen atoms in total. The summed E-state index contributed by atoms with van der Waals surface area (Å²) >= 11 is 5.95. The first kappa shape index (κ1) is 18.0. The number of nitrogens with zero attached hydrogens (tertiary/aromatic N) is 1. The zero-order valence-electron chi connectivity index (χ0n) is 15.1. The first-order valence-corrected chi connectivity index (χ1v) is 9.41. The van der Waals surface area contributed by atoms with E-state index >= 15 is 0 Å². The zero-order chi connectivity index (χ0) is 19.0. The van der Waals surface area contributed by atoms with Gasteiger partial charge in [0, 0.05) is 17.3 Å². The number of methoxy groups -OCH3 is 1. The second-order valence-electron chi connectivity index (χ2n) is 7.19. The van der Waals surface area contributed by atoms with E-state index in [-0.39, 0.29) is 11.9 Å². The van der Waals surface area contributed by atoms with Crippen LogP contribution >= 0.6 is 11.6 Å². The molecule has 0 saturated carbocycles. The smallest absolute Gasteiger partial charge is 0.337 e. The van der Waals surface area contributed by atoms with Crippen molar-refractivity contribution < 1.29 is 14.3 Å². The number of amides is 1. The van der Waals surface area contributed by atoms with Gasteiger partial charge in [0.05, 0.1) is 18.1 Å². The fourth-order valence-electron chi connectivity index (χ4n) is 4.10. The summed E-state index contributed by atoms with van der Waals surface area (Å²) < 4.78 is 4.83. The highest BCUT2D eigenvalue weighted by Crippen LogP contribution is 2.45. The van der Waals surface area contributed by atoms with Gasteiger partial charge in [-0.25, -0.2) is 4.79 Å². The molecule has 1 saturated heterocycles. The number of rotatable bonds is 3. The highest BCUT2D eigenvalue weighted by Gasteiger charge is 2.48. The lowest BCUT2D eigenvalue weighted by atomic mass is 9.73. The van der Waals surface area contributed by atoms with Gasteiger partial charge in [-0.1, -0.05) is 23.7 Å². The molecule has 1 N–H and O–H groups in total. The van der Waals surface area contributed by atoms with Crippen molar-refractivity contribution in [2.24, 2.45) is 0 Å². The predicted octanol–water partition coefficient (Wildman–Crippen LogP) is 3.61. The highest BCUT2D eigenvalue weighted by molar-refractivity contribution is 6.30. The third-order valence-corrected chi connectivity index (χ3v) is 5.92. The van der Waals surface area contributed by atoms with E-state index in [2.05, 4.69) is 10.2 Å². The van der Waals surface area contributed by atoms with Crippen LogP contribution in [0.25, 0.3) is 0 Å². The molecule has 1 spiro atoms. The number of piperidine rings is 1. The van der Waals surface area contributed by atoms with Crippen LogP contribution in [0.3, 0.4) is 0 Å². The van der Waals surface area contributed by atoms with Crippen LogP contribution in [0.5, 0.6) is 0 Å². The van der Waals surface area contributed by atoms with Crippen LogP contribution in [0, 0.1) is 0 Å². The molecule has 0 bridgehead atoms. The first-order valence-electron chi connectivity index (χ1n) is 9.03. The normalized spacial score (nSPS) is 18.2. The largest absolute Gasteiger partial charge is 0.465 e. The fraction of sp³-hybridized carbons (Fsp3) is 0.333. The fourth-order valence-corrected chi connectivity index (χ4v) is 4.22. The number of halogens is 1. The molecular formula is C21H21ClN2O3. The summed E-state index contributed by atoms with van der Waals surface area (Å²) in [5.74, 6) is -0.349. The van der Waals surface area contributed by atoms with E-state index in [1.807, 2.05) is 30.3 Å². The molecular weight excluding hydrogens is 364 g/mol. The number of ether oxygens (including phenoxy) is 1. The minimum absolute atomic E-state index is 0.0330. The van der Waals surface area contributed by atoms with Gasteiger partial charge in [0.15, 0.2) is 0 Å². The summed E-state index contributed by atoms with van der Waals surface area (Å²) in [6.45, 7) is 2.47. The van der Waals surface area contributed by atoms with Gasteiger partial charge < -0.3 is 10.1 Å². The van der Waals surface area contributed by atoms with Crippen molar-refractivity contribution in [3.63, 3.8) is 0 Å². The summed E-state index contributed by atoms with van der Waals surface area (Å²) in [7, 11) is 1.37. The van der Waals surface area contributed by atoms with Crippen molar-refractivity contribution in [1.82, 2.24) is 4.90 Å². The zero-order valence-corrected chi connectivity index (χ0v) is 15.9. The Bertz CT molecular complexity index is 887. The number of anilines is 1. The molecule has 6 heteroatoms. The Morgan fingerprint density at radius 2 is 1.89 bits per heavy atom. The molecule has 2 aliphatic rings. The molecule has 0 atom stereocenters. The Labute approximate surface area is 163 Å². The number of benzene rings is 2. The molecule has 2 heterocycles. The molecule has 0 radical (unpaired) electrons. The van der Waals surface area contributed by atoms with E-state index in [4.69, 9.17) is 16.3 Å². The van der Waals surface area contributed by atoms with Crippen LogP contribution in [-0.4, -0.2) is 37.0 Å². The number of carbonyl (C=O) groups is 2. The number of nitrogens with one attached hydrogen (secondary N) is 1. The molecule has 27 heavy (non-hydrogen) atoms. The molecule has 0 aliphatic carbocycles. The van der Waals surface area contributed by atoms with Crippen LogP contribution in [0.4, 0.5) is 5.69 Å². The Hall–Kier alpha value is -2.37. The third-order valence-electron chi connectivity index (χ3n) is 5.67. The number of esters is 1. The monoisotopic (exact) mass is 384 g/mol. The third kappa shape index (κ3) is 3.22. The van der Waals surface area contributed by atoms with E-state index < -0.39 is 5.41 Å². The van der Waals surface area contributed by atoms with Crippen LogP contribution in [0.15, 0.2) is 42.5 Å². The van der Waals surface area contributed by atoms with E-state index in [1.165, 1.54) is 12.7 Å². The summed E-state index contributed by atoms with van der Waals surface area (Å²) in [5, 5.41) is 3.72. The maximum atomic E-state index is 12.8. The van der Waals surface area contributed by atoms with E-state index in [0.717, 1.165) is 48.7 Å². The second-order valence-corrected chi connectivity index (χ2v) is 7.63. The van der Waals surface area contributed by atoms with Crippen LogP contribution in [-0.2, 0) is 21.5 Å². The van der Waals surface area contributed by atoms with Crippen molar-refractivity contribution in [2.45, 2.75) is 24.8 Å². The Kier molecular flexibility index (Phi) is 4.66. The molecule has 2 aromatic carbocycles. The molecule has 0 aromatic heterocycles. The molecule has 140 valence electrons. The second kappa shape index (κ2) is 6.98. The van der Waals surface area contributed by atoms with Gasteiger partial charge in [-0.3, -0.25) is 9.69 Å². The molecule has 2 aliphatic heterocycles. The van der Waals surface area contributed by atoms with Gasteiger partial charge in [0.1, 0.15) is 0 Å². The highest BCUT2D eigenvalue weighted by atomic mass is 35.5. The van der Waals surface area contributed by atoms with Crippen molar-refractivity contribution in [3.05, 3.63) is 64.2 Å². The van der Waals surface area contributed by atoms with Crippen molar-refractivity contribution in [2.75, 3.05) is 25.5 Å². The Morgan fingerprint density at radius 3 is 2.56 bits per heavy atom. The van der Waals surface area contributed by atoms with Crippen LogP contribution < -0.4 is 5.32 Å². The summed E-state index contributed by atoms with van der Waals surface area (Å²) in [6.07, 6.45) is 1.45. The summed E-state index contributed by atoms with van der Waals surface area (Å²) in [6, 6.07) is 13.2. The molecule has 0 unspecified atom stereocenters. The molecule has 1 amide bonds. The average molecular weight is 385 g/mol. The maximum absolute atomic E-state index is 12.8. The number of hydrogen-bond acceptors (Lipinski definition) is 4. The van der Waals surface area contributed by atoms with Crippen molar-refractivity contribution in [3.8, 4) is 0 Å². The van der Waals surface area contributed by atoms with Gasteiger partial charge in [0.2, 0.25) is 5.91 Å². The van der Waals surface area contributed by atoms with Gasteiger partial charge in [0.25, 0.3) is 0 Å². The summed E-state index contributed by atoms with van der Waals surface area (Å²) in [5.41, 5.74) is 2.85. The Morgan fingerprint density at radius 1 is 1.19 bits per heavy atom. The predicted molar refractivity (Wildman–Crippen MR) is 104 cm³/mol. The molecule has 4 rings (SSSR count). The summed E-state index contributed by atoms with van der Waals surface area (Å²) in [4.78, 5) is 27.1. The van der Waals surface area contributed by atoms with Gasteiger partial charge in [-0.15, -0.1) is 0 Å². The number of fused-ring (bicyclic) bond motifs is 2. The molecule has 1 fully saturated rings. The Balaban J connectivity index is 1.53. The minimum atomic E-state index is -0.560. The van der Waals surface area contributed by atoms with E-state index in [1.54, 1.807) is 12.1 Å². The molecule has 2 aromatic rings. The number of likely N-dealkylation sites (tertiary alicyclic amines) is 1. The van der Waals surface area contributed by atoms with Crippen LogP contribution in [0.1, 0.15) is 34.3 Å². The van der Waals surface area contributed by atoms with Gasteiger partial charge >= 0.3 is 5.97 Å². The quantitative estimate of drug-likeness (QED) is 0.821. The lowest BCUT2D eigenvalue weighted by Gasteiger charge is -2.38. The van der Waals surface area contributed by atoms with Gasteiger partial charge in [-0.05, 0) is 67.4 Å². The lowest BCUT2D eigenvalue weighted by Crippen LogP contribution is -2.46. The first-order chi connectivity index (χ1) is 13.0. The average Bonchev–Trinajstić information content (AvgIpc) is 2.95. The topological polar surface area (TPSA) is 58.6 Å². The van der Waals surface area contributed by atoms with Crippen molar-refractivity contribution >= 4 is 29.2 Å².